The smallest absolute Gasteiger partial charge is 0.225 e. The monoisotopic (exact) mass is 291 g/mol. The normalized spacial score (nSPS) is 11.6. The number of rotatable bonds is 7. The van der Waals surface area contributed by atoms with Gasteiger partial charge in [-0.25, -0.2) is 0 Å². The summed E-state index contributed by atoms with van der Waals surface area (Å²) in [6.07, 6.45) is 1.68. The minimum absolute atomic E-state index is 0.115. The highest BCUT2D eigenvalue weighted by Crippen LogP contribution is 2.24. The summed E-state index contributed by atoms with van der Waals surface area (Å²) in [7, 11) is 0. The number of aryl methyl sites for hydroxylation is 2. The van der Waals surface area contributed by atoms with E-state index in [1.54, 1.807) is 0 Å². The second-order valence-electron chi connectivity index (χ2n) is 6.73. The molecule has 1 aromatic carbocycles. The van der Waals surface area contributed by atoms with Crippen molar-refractivity contribution in [2.75, 3.05) is 6.61 Å². The first-order valence-electron chi connectivity index (χ1n) is 7.73. The summed E-state index contributed by atoms with van der Waals surface area (Å²) in [6.45, 7) is 12.7. The standard InChI is InChI=1S/C18H29NO2/c1-13(2)19-17(20)18(5,6)10-7-11-21-16-12-14(3)8-9-15(16)4/h8-9,12-13H,7,10-11H2,1-6H3,(H,19,20). The Morgan fingerprint density at radius 1 is 1.29 bits per heavy atom. The van der Waals surface area contributed by atoms with Gasteiger partial charge in [-0.3, -0.25) is 4.79 Å². The fourth-order valence-electron chi connectivity index (χ4n) is 2.13. The van der Waals surface area contributed by atoms with Gasteiger partial charge in [-0.2, -0.15) is 0 Å². The zero-order valence-corrected chi connectivity index (χ0v) is 14.2. The minimum Gasteiger partial charge on any atom is -0.493 e. The van der Waals surface area contributed by atoms with E-state index in [2.05, 4.69) is 37.4 Å². The molecule has 0 radical (unpaired) electrons. The van der Waals surface area contributed by atoms with Gasteiger partial charge in [0.25, 0.3) is 0 Å². The summed E-state index contributed by atoms with van der Waals surface area (Å²) >= 11 is 0. The molecule has 0 unspecified atom stereocenters. The molecular formula is C18H29NO2. The summed E-state index contributed by atoms with van der Waals surface area (Å²) in [5.41, 5.74) is 2.00. The second kappa shape index (κ2) is 7.48. The molecule has 0 heterocycles. The van der Waals surface area contributed by atoms with E-state index in [1.807, 2.05) is 27.7 Å². The first-order valence-corrected chi connectivity index (χ1v) is 7.73. The number of hydrogen-bond acceptors (Lipinski definition) is 2. The summed E-state index contributed by atoms with van der Waals surface area (Å²) in [5.74, 6) is 1.06. The molecule has 0 atom stereocenters. The van der Waals surface area contributed by atoms with Crippen LogP contribution in [-0.4, -0.2) is 18.6 Å². The van der Waals surface area contributed by atoms with Crippen molar-refractivity contribution in [2.24, 2.45) is 5.41 Å². The summed E-state index contributed by atoms with van der Waals surface area (Å²) in [5, 5.41) is 2.98. The molecule has 1 N–H and O–H groups in total. The van der Waals surface area contributed by atoms with E-state index in [-0.39, 0.29) is 17.4 Å². The number of benzene rings is 1. The van der Waals surface area contributed by atoms with Crippen molar-refractivity contribution in [3.8, 4) is 5.75 Å². The van der Waals surface area contributed by atoms with Gasteiger partial charge in [0, 0.05) is 11.5 Å². The van der Waals surface area contributed by atoms with Crippen LogP contribution in [-0.2, 0) is 4.79 Å². The lowest BCUT2D eigenvalue weighted by Gasteiger charge is -2.25. The molecule has 0 aliphatic heterocycles. The van der Waals surface area contributed by atoms with Crippen molar-refractivity contribution in [1.82, 2.24) is 5.32 Å². The van der Waals surface area contributed by atoms with Crippen molar-refractivity contribution < 1.29 is 9.53 Å². The molecule has 0 bridgehead atoms. The third-order valence-corrected chi connectivity index (χ3v) is 3.58. The highest BCUT2D eigenvalue weighted by atomic mass is 16.5. The largest absolute Gasteiger partial charge is 0.493 e. The van der Waals surface area contributed by atoms with Gasteiger partial charge in [0.2, 0.25) is 5.91 Å². The molecule has 3 heteroatoms. The maximum Gasteiger partial charge on any atom is 0.225 e. The first kappa shape index (κ1) is 17.5. The Bertz CT molecular complexity index is 478. The van der Waals surface area contributed by atoms with Gasteiger partial charge >= 0.3 is 0 Å². The average Bonchev–Trinajstić information content (AvgIpc) is 2.37. The quantitative estimate of drug-likeness (QED) is 0.771. The van der Waals surface area contributed by atoms with Crippen molar-refractivity contribution in [1.29, 1.82) is 0 Å². The summed E-state index contributed by atoms with van der Waals surface area (Å²) in [6, 6.07) is 6.40. The van der Waals surface area contributed by atoms with Crippen LogP contribution in [0.2, 0.25) is 0 Å². The lowest BCUT2D eigenvalue weighted by molar-refractivity contribution is -0.130. The van der Waals surface area contributed by atoms with E-state index in [1.165, 1.54) is 5.56 Å². The highest BCUT2D eigenvalue weighted by molar-refractivity contribution is 5.81. The second-order valence-corrected chi connectivity index (χ2v) is 6.73. The van der Waals surface area contributed by atoms with Gasteiger partial charge in [0.15, 0.2) is 0 Å². The highest BCUT2D eigenvalue weighted by Gasteiger charge is 2.27. The topological polar surface area (TPSA) is 38.3 Å². The molecule has 0 saturated heterocycles. The molecule has 1 amide bonds. The predicted octanol–water partition coefficient (Wildman–Crippen LogP) is 4.01. The van der Waals surface area contributed by atoms with Crippen molar-refractivity contribution in [2.45, 2.75) is 60.4 Å². The number of carbonyl (C=O) groups is 1. The van der Waals surface area contributed by atoms with Crippen LogP contribution in [0.1, 0.15) is 51.7 Å². The molecule has 1 aromatic rings. The number of nitrogens with one attached hydrogen (secondary N) is 1. The number of ether oxygens (including phenoxy) is 1. The number of amides is 1. The molecule has 21 heavy (non-hydrogen) atoms. The fourth-order valence-corrected chi connectivity index (χ4v) is 2.13. The van der Waals surface area contributed by atoms with Crippen LogP contribution in [0.5, 0.6) is 5.75 Å². The maximum atomic E-state index is 12.1. The van der Waals surface area contributed by atoms with E-state index < -0.39 is 0 Å². The number of carbonyl (C=O) groups excluding carboxylic acids is 1. The van der Waals surface area contributed by atoms with Gasteiger partial charge in [0.05, 0.1) is 6.61 Å². The zero-order valence-electron chi connectivity index (χ0n) is 14.2. The molecule has 118 valence electrons. The molecular weight excluding hydrogens is 262 g/mol. The molecule has 0 aliphatic rings. The SMILES string of the molecule is Cc1ccc(C)c(OCCCC(C)(C)C(=O)NC(C)C)c1. The van der Waals surface area contributed by atoms with Crippen molar-refractivity contribution >= 4 is 5.91 Å². The van der Waals surface area contributed by atoms with Gasteiger partial charge in [-0.1, -0.05) is 26.0 Å². The molecule has 0 saturated carbocycles. The Hall–Kier alpha value is -1.51. The van der Waals surface area contributed by atoms with E-state index >= 15 is 0 Å². The Balaban J connectivity index is 2.42. The van der Waals surface area contributed by atoms with Crippen LogP contribution < -0.4 is 10.1 Å². The maximum absolute atomic E-state index is 12.1. The Labute approximate surface area is 129 Å². The lowest BCUT2D eigenvalue weighted by Crippen LogP contribution is -2.40. The first-order chi connectivity index (χ1) is 9.72. The van der Waals surface area contributed by atoms with Crippen molar-refractivity contribution in [3.63, 3.8) is 0 Å². The van der Waals surface area contributed by atoms with E-state index in [4.69, 9.17) is 4.74 Å². The van der Waals surface area contributed by atoms with E-state index in [9.17, 15) is 4.79 Å². The molecule has 3 nitrogen and oxygen atoms in total. The van der Waals surface area contributed by atoms with Crippen LogP contribution >= 0.6 is 0 Å². The summed E-state index contributed by atoms with van der Waals surface area (Å²) in [4.78, 5) is 12.1. The van der Waals surface area contributed by atoms with E-state index in [0.717, 1.165) is 24.2 Å². The van der Waals surface area contributed by atoms with Crippen LogP contribution in [0.3, 0.4) is 0 Å². The molecule has 0 aliphatic carbocycles. The zero-order chi connectivity index (χ0) is 16.0. The molecule has 1 rings (SSSR count). The van der Waals surface area contributed by atoms with Gasteiger partial charge < -0.3 is 10.1 Å². The molecule has 0 aromatic heterocycles. The third kappa shape index (κ3) is 5.78. The molecule has 0 spiro atoms. The third-order valence-electron chi connectivity index (χ3n) is 3.58. The predicted molar refractivity (Wildman–Crippen MR) is 87.7 cm³/mol. The Morgan fingerprint density at radius 3 is 2.57 bits per heavy atom. The van der Waals surface area contributed by atoms with Gasteiger partial charge in [0.1, 0.15) is 5.75 Å². The Kier molecular flexibility index (Phi) is 6.25. The lowest BCUT2D eigenvalue weighted by atomic mass is 9.86. The Morgan fingerprint density at radius 2 is 1.95 bits per heavy atom. The number of hydrogen-bond donors (Lipinski definition) is 1. The van der Waals surface area contributed by atoms with Gasteiger partial charge in [-0.05, 0) is 57.7 Å². The van der Waals surface area contributed by atoms with Gasteiger partial charge in [-0.15, -0.1) is 0 Å². The molecule has 0 fully saturated rings. The van der Waals surface area contributed by atoms with Crippen molar-refractivity contribution in [3.05, 3.63) is 29.3 Å². The fraction of sp³-hybridized carbons (Fsp3) is 0.611. The van der Waals surface area contributed by atoms with Crippen LogP contribution in [0, 0.1) is 19.3 Å². The van der Waals surface area contributed by atoms with E-state index in [0.29, 0.717) is 6.61 Å². The summed E-state index contributed by atoms with van der Waals surface area (Å²) < 4.78 is 5.84. The van der Waals surface area contributed by atoms with Crippen LogP contribution in [0.15, 0.2) is 18.2 Å². The van der Waals surface area contributed by atoms with Crippen LogP contribution in [0.4, 0.5) is 0 Å². The average molecular weight is 291 g/mol. The van der Waals surface area contributed by atoms with Crippen LogP contribution in [0.25, 0.3) is 0 Å². The minimum atomic E-state index is -0.352.